The number of aryl methyl sites for hydroxylation is 2. The van der Waals surface area contributed by atoms with Gasteiger partial charge in [-0.2, -0.15) is 0 Å². The van der Waals surface area contributed by atoms with E-state index < -0.39 is 0 Å². The fraction of sp³-hybridized carbons (Fsp3) is 0.333. The van der Waals surface area contributed by atoms with E-state index in [9.17, 15) is 4.79 Å². The lowest BCUT2D eigenvalue weighted by Crippen LogP contribution is -2.25. The summed E-state index contributed by atoms with van der Waals surface area (Å²) in [5.74, 6) is 0.615. The molecule has 7 nitrogen and oxygen atoms in total. The first-order valence-corrected chi connectivity index (χ1v) is 6.90. The van der Waals surface area contributed by atoms with Crippen LogP contribution >= 0.6 is 0 Å². The number of hydrogen-bond donors (Lipinski definition) is 1. The Kier molecular flexibility index (Phi) is 4.55. The molecule has 1 N–H and O–H groups in total. The first-order chi connectivity index (χ1) is 10.4. The van der Waals surface area contributed by atoms with Gasteiger partial charge in [-0.05, 0) is 18.2 Å². The summed E-state index contributed by atoms with van der Waals surface area (Å²) in [6.45, 7) is 1.48. The van der Waals surface area contributed by atoms with Crippen molar-refractivity contribution >= 4 is 28.9 Å². The Morgan fingerprint density at radius 2 is 2.05 bits per heavy atom. The van der Waals surface area contributed by atoms with Crippen LogP contribution in [0.15, 0.2) is 40.8 Å². The lowest BCUT2D eigenvalue weighted by atomic mass is 10.2. The van der Waals surface area contributed by atoms with Gasteiger partial charge in [-0.3, -0.25) is 4.79 Å². The monoisotopic (exact) mass is 301 g/mol. The normalized spacial score (nSPS) is 11.0. The largest absolute Gasteiger partial charge is 0.421 e. The average Bonchev–Trinajstić information content (AvgIpc) is 2.75. The summed E-state index contributed by atoms with van der Waals surface area (Å²) in [6, 6.07) is 5.56. The minimum atomic E-state index is -0.116. The van der Waals surface area contributed by atoms with Crippen molar-refractivity contribution < 1.29 is 9.36 Å². The van der Waals surface area contributed by atoms with E-state index in [1.165, 1.54) is 6.92 Å². The number of azo groups is 1. The molecule has 116 valence electrons. The van der Waals surface area contributed by atoms with Crippen LogP contribution in [-0.2, 0) is 18.9 Å². The zero-order chi connectivity index (χ0) is 16.3. The van der Waals surface area contributed by atoms with Crippen LogP contribution in [0.1, 0.15) is 6.92 Å². The average molecular weight is 301 g/mol. The fourth-order valence-corrected chi connectivity index (χ4v) is 2.08. The predicted molar refractivity (Wildman–Crippen MR) is 85.8 cm³/mol. The van der Waals surface area contributed by atoms with Crippen molar-refractivity contribution in [3.05, 3.63) is 30.6 Å². The molecule has 1 amide bonds. The third kappa shape index (κ3) is 3.49. The van der Waals surface area contributed by atoms with Crippen LogP contribution in [0, 0.1) is 0 Å². The Balaban J connectivity index is 2.40. The second kappa shape index (κ2) is 6.38. The highest BCUT2D eigenvalue weighted by Crippen LogP contribution is 2.31. The Morgan fingerprint density at radius 3 is 2.59 bits per heavy atom. The van der Waals surface area contributed by atoms with Crippen LogP contribution in [0.5, 0.6) is 0 Å². The molecule has 0 aliphatic heterocycles. The van der Waals surface area contributed by atoms with Crippen molar-refractivity contribution in [1.82, 2.24) is 4.57 Å². The smallest absolute Gasteiger partial charge is 0.376 e. The molecule has 1 heterocycles. The quantitative estimate of drug-likeness (QED) is 0.695. The van der Waals surface area contributed by atoms with Crippen LogP contribution in [-0.4, -0.2) is 24.6 Å². The van der Waals surface area contributed by atoms with Crippen molar-refractivity contribution in [2.24, 2.45) is 24.3 Å². The standard InChI is InChI=1S/C15H20N6O/c1-11(22)16-12-6-7-14(19(2)3)13(10-12)17-18-15-20(4)8-9-21(15)5/h6-10H,1-5H3/p+1. The van der Waals surface area contributed by atoms with Crippen LogP contribution in [0.2, 0.25) is 0 Å². The van der Waals surface area contributed by atoms with Gasteiger partial charge in [0.1, 0.15) is 5.69 Å². The van der Waals surface area contributed by atoms with Gasteiger partial charge >= 0.3 is 5.95 Å². The van der Waals surface area contributed by atoms with Crippen molar-refractivity contribution in [3.63, 3.8) is 0 Å². The molecule has 1 aromatic heterocycles. The minimum Gasteiger partial charge on any atom is -0.376 e. The number of benzene rings is 1. The van der Waals surface area contributed by atoms with E-state index in [0.717, 1.165) is 11.6 Å². The van der Waals surface area contributed by atoms with Crippen molar-refractivity contribution in [2.75, 3.05) is 24.3 Å². The number of anilines is 2. The van der Waals surface area contributed by atoms with E-state index in [-0.39, 0.29) is 5.91 Å². The topological polar surface area (TPSA) is 65.9 Å². The molecule has 22 heavy (non-hydrogen) atoms. The van der Waals surface area contributed by atoms with Gasteiger partial charge in [-0.1, -0.05) is 5.11 Å². The second-order valence-electron chi connectivity index (χ2n) is 5.30. The van der Waals surface area contributed by atoms with Gasteiger partial charge in [-0.25, -0.2) is 9.13 Å². The molecule has 1 aromatic carbocycles. The number of carbonyl (C=O) groups is 1. The highest BCUT2D eigenvalue weighted by molar-refractivity contribution is 5.90. The number of aromatic nitrogens is 2. The SMILES string of the molecule is CC(=O)Nc1ccc(N(C)C)c(N=Nc2n(C)cc[n+]2C)c1. The van der Waals surface area contributed by atoms with Gasteiger partial charge in [0.2, 0.25) is 5.91 Å². The molecule has 0 atom stereocenters. The Morgan fingerprint density at radius 1 is 1.32 bits per heavy atom. The number of imidazole rings is 1. The molecule has 0 saturated carbocycles. The minimum absolute atomic E-state index is 0.116. The first kappa shape index (κ1) is 15.7. The van der Waals surface area contributed by atoms with Gasteiger partial charge in [0.05, 0.1) is 32.2 Å². The lowest BCUT2D eigenvalue weighted by Gasteiger charge is -2.15. The maximum Gasteiger partial charge on any atom is 0.421 e. The zero-order valence-electron chi connectivity index (χ0n) is 13.5. The van der Waals surface area contributed by atoms with E-state index in [0.29, 0.717) is 11.4 Å². The zero-order valence-corrected chi connectivity index (χ0v) is 13.5. The molecule has 2 rings (SSSR count). The number of amides is 1. The third-order valence-electron chi connectivity index (χ3n) is 3.17. The molecule has 0 fully saturated rings. The maximum atomic E-state index is 11.2. The van der Waals surface area contributed by atoms with Crippen molar-refractivity contribution in [2.45, 2.75) is 6.92 Å². The van der Waals surface area contributed by atoms with Crippen LogP contribution in [0.3, 0.4) is 0 Å². The number of hydrogen-bond acceptors (Lipinski definition) is 4. The molecule has 0 spiro atoms. The van der Waals surface area contributed by atoms with Crippen molar-refractivity contribution in [3.8, 4) is 0 Å². The summed E-state index contributed by atoms with van der Waals surface area (Å²) in [5, 5.41) is 11.4. The second-order valence-corrected chi connectivity index (χ2v) is 5.30. The summed E-state index contributed by atoms with van der Waals surface area (Å²) < 4.78 is 3.77. The van der Waals surface area contributed by atoms with Crippen molar-refractivity contribution in [1.29, 1.82) is 0 Å². The van der Waals surface area contributed by atoms with E-state index >= 15 is 0 Å². The summed E-state index contributed by atoms with van der Waals surface area (Å²) in [6.07, 6.45) is 3.82. The Labute approximate surface area is 129 Å². The van der Waals surface area contributed by atoms with E-state index in [1.54, 1.807) is 0 Å². The molecule has 2 aromatic rings. The predicted octanol–water partition coefficient (Wildman–Crippen LogP) is 2.29. The summed E-state index contributed by atoms with van der Waals surface area (Å²) >= 11 is 0. The first-order valence-electron chi connectivity index (χ1n) is 6.90. The highest BCUT2D eigenvalue weighted by Gasteiger charge is 2.12. The molecule has 0 bridgehead atoms. The lowest BCUT2D eigenvalue weighted by molar-refractivity contribution is -0.657. The van der Waals surface area contributed by atoms with E-state index in [4.69, 9.17) is 0 Å². The maximum absolute atomic E-state index is 11.2. The molecule has 7 heteroatoms. The highest BCUT2D eigenvalue weighted by atomic mass is 16.1. The molecular formula is C15H21N6O+. The molecule has 0 unspecified atom stereocenters. The van der Waals surface area contributed by atoms with Gasteiger partial charge in [0.25, 0.3) is 0 Å². The summed E-state index contributed by atoms with van der Waals surface area (Å²) in [7, 11) is 7.70. The number of nitrogens with zero attached hydrogens (tertiary/aromatic N) is 5. The Hall–Kier alpha value is -2.70. The summed E-state index contributed by atoms with van der Waals surface area (Å²) in [5.41, 5.74) is 2.32. The van der Waals surface area contributed by atoms with E-state index in [1.807, 2.05) is 72.8 Å². The molecule has 0 aliphatic rings. The molecule has 0 radical (unpaired) electrons. The Bertz CT molecular complexity index is 697. The number of carbonyl (C=O) groups excluding carboxylic acids is 1. The van der Waals surface area contributed by atoms with Gasteiger partial charge in [-0.15, -0.1) is 0 Å². The summed E-state index contributed by atoms with van der Waals surface area (Å²) in [4.78, 5) is 13.2. The van der Waals surface area contributed by atoms with Crippen LogP contribution in [0.4, 0.5) is 23.0 Å². The van der Waals surface area contributed by atoms with Crippen LogP contribution < -0.4 is 14.8 Å². The molecule has 0 saturated heterocycles. The molecule has 0 aliphatic carbocycles. The number of rotatable bonds is 4. The fourth-order valence-electron chi connectivity index (χ4n) is 2.08. The van der Waals surface area contributed by atoms with Gasteiger partial charge in [0, 0.05) is 31.8 Å². The van der Waals surface area contributed by atoms with Gasteiger partial charge in [0.15, 0.2) is 0 Å². The molecular weight excluding hydrogens is 280 g/mol. The van der Waals surface area contributed by atoms with E-state index in [2.05, 4.69) is 15.5 Å². The van der Waals surface area contributed by atoms with Gasteiger partial charge < -0.3 is 10.2 Å². The number of nitrogens with one attached hydrogen (secondary N) is 1. The third-order valence-corrected chi connectivity index (χ3v) is 3.17. The van der Waals surface area contributed by atoms with Crippen LogP contribution in [0.25, 0.3) is 0 Å².